The molecule has 1 heterocycles. The van der Waals surface area contributed by atoms with Crippen LogP contribution in [-0.2, 0) is 6.54 Å². The molecular formula is C11H19ClN2S. The van der Waals surface area contributed by atoms with Crippen LogP contribution in [0.25, 0.3) is 0 Å². The molecular weight excluding hydrogens is 228 g/mol. The molecule has 0 saturated heterocycles. The number of halogens is 1. The van der Waals surface area contributed by atoms with Crippen LogP contribution in [0.1, 0.15) is 37.4 Å². The van der Waals surface area contributed by atoms with Crippen molar-refractivity contribution in [1.82, 2.24) is 10.3 Å². The summed E-state index contributed by atoms with van der Waals surface area (Å²) in [7, 11) is 0. The molecule has 4 heteroatoms. The highest BCUT2D eigenvalue weighted by Gasteiger charge is 2.24. The van der Waals surface area contributed by atoms with Gasteiger partial charge in [0, 0.05) is 29.0 Å². The standard InChI is InChI=1S/C11H19ClN2S/c1-4-11(5-2,8-12)13-6-10-14-9(3)7-15-10/h7,13H,4-6,8H2,1-3H3. The van der Waals surface area contributed by atoms with Crippen molar-refractivity contribution >= 4 is 22.9 Å². The fraction of sp³-hybridized carbons (Fsp3) is 0.727. The fourth-order valence-corrected chi connectivity index (χ4v) is 2.67. The van der Waals surface area contributed by atoms with Crippen molar-refractivity contribution in [2.75, 3.05) is 5.88 Å². The number of alkyl halides is 1. The van der Waals surface area contributed by atoms with E-state index in [9.17, 15) is 0 Å². The minimum atomic E-state index is 0.0706. The van der Waals surface area contributed by atoms with Crippen molar-refractivity contribution in [3.05, 3.63) is 16.1 Å². The SMILES string of the molecule is CCC(CC)(CCl)NCc1nc(C)cs1. The molecule has 0 aliphatic heterocycles. The lowest BCUT2D eigenvalue weighted by Gasteiger charge is -2.30. The second-order valence-corrected chi connectivity index (χ2v) is 5.07. The Morgan fingerprint density at radius 3 is 2.53 bits per heavy atom. The molecule has 0 radical (unpaired) electrons. The van der Waals surface area contributed by atoms with Crippen LogP contribution in [0.5, 0.6) is 0 Å². The zero-order valence-corrected chi connectivity index (χ0v) is 11.2. The predicted molar refractivity (Wildman–Crippen MR) is 67.7 cm³/mol. The monoisotopic (exact) mass is 246 g/mol. The van der Waals surface area contributed by atoms with Crippen LogP contribution in [0.4, 0.5) is 0 Å². The summed E-state index contributed by atoms with van der Waals surface area (Å²) in [5.41, 5.74) is 1.17. The van der Waals surface area contributed by atoms with Gasteiger partial charge in [0.05, 0.1) is 0 Å². The van der Waals surface area contributed by atoms with Crippen molar-refractivity contribution in [1.29, 1.82) is 0 Å². The van der Waals surface area contributed by atoms with Gasteiger partial charge in [0.25, 0.3) is 0 Å². The van der Waals surface area contributed by atoms with Gasteiger partial charge in [0.1, 0.15) is 5.01 Å². The van der Waals surface area contributed by atoms with Crippen molar-refractivity contribution in [2.24, 2.45) is 0 Å². The topological polar surface area (TPSA) is 24.9 Å². The van der Waals surface area contributed by atoms with Gasteiger partial charge < -0.3 is 5.32 Å². The largest absolute Gasteiger partial charge is 0.304 e. The summed E-state index contributed by atoms with van der Waals surface area (Å²) < 4.78 is 0. The first-order valence-electron chi connectivity index (χ1n) is 5.37. The van der Waals surface area contributed by atoms with Crippen LogP contribution in [0, 0.1) is 6.92 Å². The molecule has 1 aromatic heterocycles. The molecule has 86 valence electrons. The molecule has 0 bridgehead atoms. The lowest BCUT2D eigenvalue weighted by molar-refractivity contribution is 0.334. The van der Waals surface area contributed by atoms with Gasteiger partial charge in [-0.1, -0.05) is 13.8 Å². The van der Waals surface area contributed by atoms with Gasteiger partial charge in [0.2, 0.25) is 0 Å². The normalized spacial score (nSPS) is 12.0. The van der Waals surface area contributed by atoms with Gasteiger partial charge in [-0.2, -0.15) is 0 Å². The van der Waals surface area contributed by atoms with Crippen LogP contribution in [0.3, 0.4) is 0 Å². The van der Waals surface area contributed by atoms with E-state index in [-0.39, 0.29) is 5.54 Å². The molecule has 1 N–H and O–H groups in total. The first-order chi connectivity index (χ1) is 7.15. The van der Waals surface area contributed by atoms with E-state index < -0.39 is 0 Å². The number of nitrogens with zero attached hydrogens (tertiary/aromatic N) is 1. The Hall–Kier alpha value is -0.120. The van der Waals surface area contributed by atoms with E-state index in [1.165, 1.54) is 0 Å². The molecule has 0 amide bonds. The third-order valence-corrected chi connectivity index (χ3v) is 4.37. The van der Waals surface area contributed by atoms with Crippen LogP contribution in [0.15, 0.2) is 5.38 Å². The molecule has 0 fully saturated rings. The van der Waals surface area contributed by atoms with Gasteiger partial charge in [-0.15, -0.1) is 22.9 Å². The van der Waals surface area contributed by atoms with E-state index in [0.29, 0.717) is 5.88 Å². The van der Waals surface area contributed by atoms with Gasteiger partial charge in [-0.05, 0) is 19.8 Å². The Morgan fingerprint density at radius 1 is 1.47 bits per heavy atom. The number of aryl methyl sites for hydroxylation is 1. The summed E-state index contributed by atoms with van der Waals surface area (Å²) in [5.74, 6) is 0.657. The summed E-state index contributed by atoms with van der Waals surface area (Å²) in [5, 5.41) is 6.75. The van der Waals surface area contributed by atoms with E-state index >= 15 is 0 Å². The molecule has 0 spiro atoms. The lowest BCUT2D eigenvalue weighted by atomic mass is 9.95. The van der Waals surface area contributed by atoms with E-state index in [2.05, 4.69) is 29.5 Å². The predicted octanol–water partition coefficient (Wildman–Crippen LogP) is 3.34. The zero-order chi connectivity index (χ0) is 11.3. The van der Waals surface area contributed by atoms with Crippen molar-refractivity contribution in [3.8, 4) is 0 Å². The Kier molecular flexibility index (Phi) is 5.03. The Labute approximate surface area is 101 Å². The summed E-state index contributed by atoms with van der Waals surface area (Å²) in [6, 6.07) is 0. The van der Waals surface area contributed by atoms with Crippen LogP contribution in [0.2, 0.25) is 0 Å². The maximum Gasteiger partial charge on any atom is 0.107 e. The highest BCUT2D eigenvalue weighted by atomic mass is 35.5. The highest BCUT2D eigenvalue weighted by molar-refractivity contribution is 7.09. The second-order valence-electron chi connectivity index (χ2n) is 3.86. The molecule has 0 saturated carbocycles. The lowest BCUT2D eigenvalue weighted by Crippen LogP contribution is -2.45. The highest BCUT2D eigenvalue weighted by Crippen LogP contribution is 2.18. The van der Waals surface area contributed by atoms with Crippen LogP contribution < -0.4 is 5.32 Å². The maximum absolute atomic E-state index is 6.02. The van der Waals surface area contributed by atoms with E-state index in [0.717, 1.165) is 30.1 Å². The van der Waals surface area contributed by atoms with Gasteiger partial charge in [-0.3, -0.25) is 0 Å². The van der Waals surface area contributed by atoms with Gasteiger partial charge in [-0.25, -0.2) is 4.98 Å². The van der Waals surface area contributed by atoms with Crippen molar-refractivity contribution in [3.63, 3.8) is 0 Å². The fourth-order valence-electron chi connectivity index (χ4n) is 1.48. The summed E-state index contributed by atoms with van der Waals surface area (Å²) in [4.78, 5) is 4.43. The second kappa shape index (κ2) is 5.83. The molecule has 0 unspecified atom stereocenters. The smallest absolute Gasteiger partial charge is 0.107 e. The number of nitrogens with one attached hydrogen (secondary N) is 1. The number of hydrogen-bond acceptors (Lipinski definition) is 3. The molecule has 15 heavy (non-hydrogen) atoms. The summed E-state index contributed by atoms with van der Waals surface area (Å²) >= 11 is 7.72. The van der Waals surface area contributed by atoms with Crippen LogP contribution >= 0.6 is 22.9 Å². The number of hydrogen-bond donors (Lipinski definition) is 1. The minimum absolute atomic E-state index is 0.0706. The van der Waals surface area contributed by atoms with Gasteiger partial charge in [0.15, 0.2) is 0 Å². The zero-order valence-electron chi connectivity index (χ0n) is 9.64. The summed E-state index contributed by atoms with van der Waals surface area (Å²) in [6.45, 7) is 7.19. The van der Waals surface area contributed by atoms with E-state index in [1.54, 1.807) is 11.3 Å². The first-order valence-corrected chi connectivity index (χ1v) is 6.79. The molecule has 0 aliphatic rings. The quantitative estimate of drug-likeness (QED) is 0.779. The van der Waals surface area contributed by atoms with E-state index in [4.69, 9.17) is 11.6 Å². The number of aromatic nitrogens is 1. The van der Waals surface area contributed by atoms with Gasteiger partial charge >= 0.3 is 0 Å². The third-order valence-electron chi connectivity index (χ3n) is 2.89. The number of thiazole rings is 1. The Morgan fingerprint density at radius 2 is 2.13 bits per heavy atom. The minimum Gasteiger partial charge on any atom is -0.304 e. The average molecular weight is 247 g/mol. The van der Waals surface area contributed by atoms with Crippen molar-refractivity contribution in [2.45, 2.75) is 45.7 Å². The molecule has 0 aromatic carbocycles. The van der Waals surface area contributed by atoms with Crippen LogP contribution in [-0.4, -0.2) is 16.4 Å². The first kappa shape index (κ1) is 12.9. The molecule has 2 nitrogen and oxygen atoms in total. The molecule has 0 atom stereocenters. The molecule has 0 aliphatic carbocycles. The molecule has 1 aromatic rings. The van der Waals surface area contributed by atoms with Crippen molar-refractivity contribution < 1.29 is 0 Å². The maximum atomic E-state index is 6.02. The van der Waals surface area contributed by atoms with E-state index in [1.807, 2.05) is 6.92 Å². The number of rotatable bonds is 6. The summed E-state index contributed by atoms with van der Waals surface area (Å²) in [6.07, 6.45) is 2.11. The Bertz CT molecular complexity index is 286. The molecule has 1 rings (SSSR count). The Balaban J connectivity index is 2.54. The third kappa shape index (κ3) is 3.44. The average Bonchev–Trinajstić information content (AvgIpc) is 2.67.